The van der Waals surface area contributed by atoms with Gasteiger partial charge in [-0.15, -0.1) is 0 Å². The van der Waals surface area contributed by atoms with Crippen LogP contribution in [-0.4, -0.2) is 48.5 Å². The van der Waals surface area contributed by atoms with Gasteiger partial charge in [0.25, 0.3) is 5.91 Å². The highest BCUT2D eigenvalue weighted by Crippen LogP contribution is 2.21. The van der Waals surface area contributed by atoms with Gasteiger partial charge in [-0.2, -0.15) is 0 Å². The van der Waals surface area contributed by atoms with Gasteiger partial charge in [0.05, 0.1) is 0 Å². The number of benzene rings is 3. The first-order chi connectivity index (χ1) is 14.1. The molecule has 1 amide bonds. The Kier molecular flexibility index (Phi) is 5.71. The summed E-state index contributed by atoms with van der Waals surface area (Å²) in [5.74, 6) is -1.04. The molecular weight excluding hydrogens is 374 g/mol. The first-order valence-electron chi connectivity index (χ1n) is 9.65. The molecule has 0 unspecified atom stereocenters. The van der Waals surface area contributed by atoms with Crippen LogP contribution in [0.2, 0.25) is 0 Å². The summed E-state index contributed by atoms with van der Waals surface area (Å²) in [5.41, 5.74) is 0.337. The van der Waals surface area contributed by atoms with Crippen LogP contribution >= 0.6 is 0 Å². The monoisotopic (exact) mass is 396 g/mol. The van der Waals surface area contributed by atoms with Crippen molar-refractivity contribution in [3.8, 4) is 5.75 Å². The molecule has 0 saturated carbocycles. The number of hydrogen-bond acceptors (Lipinski definition) is 3. The van der Waals surface area contributed by atoms with E-state index in [0.29, 0.717) is 44.0 Å². The average molecular weight is 396 g/mol. The predicted molar refractivity (Wildman–Crippen MR) is 108 cm³/mol. The number of piperazine rings is 1. The van der Waals surface area contributed by atoms with Crippen molar-refractivity contribution in [2.45, 2.75) is 6.54 Å². The molecule has 3 aromatic rings. The summed E-state index contributed by atoms with van der Waals surface area (Å²) < 4.78 is 32.9. The van der Waals surface area contributed by atoms with Crippen LogP contribution in [0.5, 0.6) is 5.75 Å². The van der Waals surface area contributed by atoms with Gasteiger partial charge in [-0.05, 0) is 29.0 Å². The number of rotatable bonds is 5. The van der Waals surface area contributed by atoms with Gasteiger partial charge in [-0.1, -0.05) is 42.5 Å². The van der Waals surface area contributed by atoms with Crippen LogP contribution in [0.1, 0.15) is 5.56 Å². The van der Waals surface area contributed by atoms with Crippen LogP contribution in [0, 0.1) is 11.6 Å². The molecule has 150 valence electrons. The third kappa shape index (κ3) is 4.54. The van der Waals surface area contributed by atoms with E-state index in [-0.39, 0.29) is 12.5 Å². The van der Waals surface area contributed by atoms with Crippen molar-refractivity contribution in [2.24, 2.45) is 0 Å². The zero-order valence-corrected chi connectivity index (χ0v) is 16.0. The molecule has 0 atom stereocenters. The Morgan fingerprint density at radius 1 is 0.897 bits per heavy atom. The maximum absolute atomic E-state index is 13.8. The Balaban J connectivity index is 1.28. The summed E-state index contributed by atoms with van der Waals surface area (Å²) in [4.78, 5) is 16.2. The molecule has 4 nitrogen and oxygen atoms in total. The zero-order chi connectivity index (χ0) is 20.2. The highest BCUT2D eigenvalue weighted by molar-refractivity contribution is 5.84. The molecule has 0 radical (unpaired) electrons. The lowest BCUT2D eigenvalue weighted by atomic mass is 10.1. The van der Waals surface area contributed by atoms with Crippen molar-refractivity contribution >= 4 is 16.7 Å². The van der Waals surface area contributed by atoms with Crippen molar-refractivity contribution in [3.63, 3.8) is 0 Å². The first-order valence-corrected chi connectivity index (χ1v) is 9.65. The molecule has 0 N–H and O–H groups in total. The maximum Gasteiger partial charge on any atom is 0.260 e. The minimum atomic E-state index is -0.831. The number of carbonyl (C=O) groups is 1. The Labute approximate surface area is 168 Å². The molecular formula is C23H22F2N2O2. The van der Waals surface area contributed by atoms with E-state index >= 15 is 0 Å². The largest absolute Gasteiger partial charge is 0.484 e. The molecule has 1 aliphatic heterocycles. The van der Waals surface area contributed by atoms with Crippen LogP contribution in [0.25, 0.3) is 10.8 Å². The van der Waals surface area contributed by atoms with Crippen molar-refractivity contribution in [1.29, 1.82) is 0 Å². The predicted octanol–water partition coefficient (Wildman–Crippen LogP) is 3.84. The van der Waals surface area contributed by atoms with Crippen molar-refractivity contribution in [1.82, 2.24) is 9.80 Å². The molecule has 0 aromatic heterocycles. The van der Waals surface area contributed by atoms with E-state index in [1.54, 1.807) is 11.0 Å². The molecule has 29 heavy (non-hydrogen) atoms. The molecule has 1 heterocycles. The Morgan fingerprint density at radius 3 is 2.45 bits per heavy atom. The van der Waals surface area contributed by atoms with Gasteiger partial charge in [0.1, 0.15) is 5.75 Å². The third-order valence-corrected chi connectivity index (χ3v) is 5.23. The number of fused-ring (bicyclic) bond motifs is 1. The highest BCUT2D eigenvalue weighted by atomic mass is 19.2. The molecule has 3 aromatic carbocycles. The van der Waals surface area contributed by atoms with E-state index in [4.69, 9.17) is 4.74 Å². The molecule has 1 aliphatic rings. The number of amides is 1. The molecule has 1 saturated heterocycles. The second kappa shape index (κ2) is 8.57. The number of ether oxygens (including phenoxy) is 1. The van der Waals surface area contributed by atoms with Gasteiger partial charge in [-0.25, -0.2) is 8.78 Å². The summed E-state index contributed by atoms with van der Waals surface area (Å²) in [6, 6.07) is 18.0. The lowest BCUT2D eigenvalue weighted by Gasteiger charge is -2.34. The van der Waals surface area contributed by atoms with E-state index in [2.05, 4.69) is 0 Å². The Morgan fingerprint density at radius 2 is 1.66 bits per heavy atom. The number of hydrogen-bond donors (Lipinski definition) is 0. The molecule has 0 spiro atoms. The first kappa shape index (κ1) is 19.3. The van der Waals surface area contributed by atoms with Crippen molar-refractivity contribution in [3.05, 3.63) is 77.9 Å². The quantitative estimate of drug-likeness (QED) is 0.657. The smallest absolute Gasteiger partial charge is 0.260 e. The second-order valence-electron chi connectivity index (χ2n) is 7.17. The SMILES string of the molecule is O=C(COc1ccc2ccccc2c1)N1CCN(Cc2cccc(F)c2F)CC1. The third-order valence-electron chi connectivity index (χ3n) is 5.23. The normalized spacial score (nSPS) is 14.9. The van der Waals surface area contributed by atoms with Crippen LogP contribution < -0.4 is 4.74 Å². The van der Waals surface area contributed by atoms with Gasteiger partial charge in [-0.3, -0.25) is 9.69 Å². The summed E-state index contributed by atoms with van der Waals surface area (Å²) in [5, 5.41) is 2.19. The highest BCUT2D eigenvalue weighted by Gasteiger charge is 2.22. The van der Waals surface area contributed by atoms with E-state index in [1.165, 1.54) is 6.07 Å². The van der Waals surface area contributed by atoms with Crippen molar-refractivity contribution < 1.29 is 18.3 Å². The number of carbonyl (C=O) groups excluding carboxylic acids is 1. The minimum Gasteiger partial charge on any atom is -0.484 e. The second-order valence-corrected chi connectivity index (χ2v) is 7.17. The molecule has 4 rings (SSSR count). The lowest BCUT2D eigenvalue weighted by Crippen LogP contribution is -2.49. The fraction of sp³-hybridized carbons (Fsp3) is 0.261. The van der Waals surface area contributed by atoms with Crippen LogP contribution in [0.3, 0.4) is 0 Å². The van der Waals surface area contributed by atoms with Crippen LogP contribution in [-0.2, 0) is 11.3 Å². The Hall–Kier alpha value is -2.99. The van der Waals surface area contributed by atoms with E-state index in [1.807, 2.05) is 47.4 Å². The zero-order valence-electron chi connectivity index (χ0n) is 16.0. The van der Waals surface area contributed by atoms with Gasteiger partial charge in [0.15, 0.2) is 18.2 Å². The summed E-state index contributed by atoms with van der Waals surface area (Å²) in [6.45, 7) is 2.61. The molecule has 0 aliphatic carbocycles. The van der Waals surface area contributed by atoms with Gasteiger partial charge >= 0.3 is 0 Å². The molecule has 0 bridgehead atoms. The lowest BCUT2D eigenvalue weighted by molar-refractivity contribution is -0.135. The van der Waals surface area contributed by atoms with Crippen molar-refractivity contribution in [2.75, 3.05) is 32.8 Å². The van der Waals surface area contributed by atoms with E-state index < -0.39 is 11.6 Å². The minimum absolute atomic E-state index is 0.0170. The maximum atomic E-state index is 13.8. The molecule has 1 fully saturated rings. The van der Waals surface area contributed by atoms with E-state index in [9.17, 15) is 13.6 Å². The fourth-order valence-corrected chi connectivity index (χ4v) is 3.56. The number of nitrogens with zero attached hydrogens (tertiary/aromatic N) is 2. The van der Waals surface area contributed by atoms with Gasteiger partial charge in [0.2, 0.25) is 0 Å². The number of halogens is 2. The van der Waals surface area contributed by atoms with Crippen LogP contribution in [0.15, 0.2) is 60.7 Å². The van der Waals surface area contributed by atoms with Gasteiger partial charge < -0.3 is 9.64 Å². The Bertz CT molecular complexity index is 1020. The van der Waals surface area contributed by atoms with Crippen LogP contribution in [0.4, 0.5) is 8.78 Å². The van der Waals surface area contributed by atoms with E-state index in [0.717, 1.165) is 16.8 Å². The van der Waals surface area contributed by atoms with Gasteiger partial charge in [0, 0.05) is 38.3 Å². The molecule has 6 heteroatoms. The summed E-state index contributed by atoms with van der Waals surface area (Å²) in [7, 11) is 0. The average Bonchev–Trinajstić information content (AvgIpc) is 2.75. The fourth-order valence-electron chi connectivity index (χ4n) is 3.56. The summed E-state index contributed by atoms with van der Waals surface area (Å²) >= 11 is 0. The topological polar surface area (TPSA) is 32.8 Å². The standard InChI is InChI=1S/C23H22F2N2O2/c24-21-7-3-6-19(23(21)25)15-26-10-12-27(13-11-26)22(28)16-29-20-9-8-17-4-1-2-5-18(17)14-20/h1-9,14H,10-13,15-16H2. The summed E-state index contributed by atoms with van der Waals surface area (Å²) in [6.07, 6.45) is 0.